The van der Waals surface area contributed by atoms with Crippen LogP contribution in [-0.4, -0.2) is 16.1 Å². The largest absolute Gasteiger partial charge is 0.487 e. The van der Waals surface area contributed by atoms with Gasteiger partial charge in [-0.25, -0.2) is 4.98 Å². The molecule has 0 aliphatic rings. The molecule has 140 valence electrons. The van der Waals surface area contributed by atoms with Gasteiger partial charge in [0.05, 0.1) is 17.8 Å². The van der Waals surface area contributed by atoms with Gasteiger partial charge in [-0.1, -0.05) is 48.0 Å². The fraction of sp³-hybridized carbons (Fsp3) is 0.238. The summed E-state index contributed by atoms with van der Waals surface area (Å²) in [4.78, 5) is 8.31. The predicted molar refractivity (Wildman–Crippen MR) is 106 cm³/mol. The molecule has 0 fully saturated rings. The molecule has 3 aromatic rings. The average molecular weight is 384 g/mol. The van der Waals surface area contributed by atoms with Gasteiger partial charge in [-0.2, -0.15) is 0 Å². The summed E-state index contributed by atoms with van der Waals surface area (Å²) < 4.78 is 11.9. The van der Waals surface area contributed by atoms with Crippen LogP contribution in [0.3, 0.4) is 0 Å². The van der Waals surface area contributed by atoms with Gasteiger partial charge in [-0.3, -0.25) is 4.98 Å². The zero-order valence-corrected chi connectivity index (χ0v) is 16.1. The number of benzene rings is 2. The zero-order valence-electron chi connectivity index (χ0n) is 15.3. The lowest BCUT2D eigenvalue weighted by molar-refractivity contribution is 0.218. The number of aromatic nitrogens is 2. The quantitative estimate of drug-likeness (QED) is 0.648. The highest BCUT2D eigenvalue weighted by atomic mass is 35.5. The Hall–Kier alpha value is -2.63. The molecule has 2 N–H and O–H groups in total. The van der Waals surface area contributed by atoms with Crippen LogP contribution in [0, 0.1) is 0 Å². The summed E-state index contributed by atoms with van der Waals surface area (Å²) in [6, 6.07) is 15.1. The van der Waals surface area contributed by atoms with Gasteiger partial charge in [0, 0.05) is 12.4 Å². The molecule has 3 rings (SSSR count). The van der Waals surface area contributed by atoms with E-state index in [1.54, 1.807) is 6.20 Å². The summed E-state index contributed by atoms with van der Waals surface area (Å²) in [7, 11) is 0. The first-order valence-electron chi connectivity index (χ1n) is 8.74. The molecule has 1 atom stereocenters. The highest BCUT2D eigenvalue weighted by Gasteiger charge is 2.18. The van der Waals surface area contributed by atoms with Crippen LogP contribution in [0.1, 0.15) is 36.7 Å². The fourth-order valence-electron chi connectivity index (χ4n) is 2.62. The predicted octanol–water partition coefficient (Wildman–Crippen LogP) is 4.54. The maximum absolute atomic E-state index is 6.36. The maximum atomic E-state index is 6.36. The fourth-order valence-corrected chi connectivity index (χ4v) is 2.84. The highest BCUT2D eigenvalue weighted by Crippen LogP contribution is 2.33. The minimum Gasteiger partial charge on any atom is -0.487 e. The van der Waals surface area contributed by atoms with E-state index < -0.39 is 6.04 Å². The van der Waals surface area contributed by atoms with Gasteiger partial charge >= 0.3 is 0 Å². The molecule has 27 heavy (non-hydrogen) atoms. The molecule has 0 amide bonds. The van der Waals surface area contributed by atoms with Crippen molar-refractivity contribution >= 4 is 11.6 Å². The number of halogens is 1. The molecule has 0 saturated carbocycles. The van der Waals surface area contributed by atoms with Crippen molar-refractivity contribution in [1.29, 1.82) is 0 Å². The van der Waals surface area contributed by atoms with E-state index in [-0.39, 0.29) is 6.10 Å². The number of nitrogens with two attached hydrogens (primary N) is 1. The third-order valence-corrected chi connectivity index (χ3v) is 4.19. The Labute approximate surface area is 164 Å². The lowest BCUT2D eigenvalue weighted by Gasteiger charge is -2.18. The summed E-state index contributed by atoms with van der Waals surface area (Å²) in [5, 5.41) is 0.291. The third-order valence-electron chi connectivity index (χ3n) is 3.90. The van der Waals surface area contributed by atoms with Crippen molar-refractivity contribution in [3.63, 3.8) is 0 Å². The third kappa shape index (κ3) is 4.96. The second kappa shape index (κ2) is 8.84. The second-order valence-electron chi connectivity index (χ2n) is 6.36. The van der Waals surface area contributed by atoms with E-state index in [0.717, 1.165) is 11.1 Å². The Kier molecular flexibility index (Phi) is 6.27. The van der Waals surface area contributed by atoms with Gasteiger partial charge in [-0.05, 0) is 37.1 Å². The summed E-state index contributed by atoms with van der Waals surface area (Å²) in [5.41, 5.74) is 8.77. The first-order chi connectivity index (χ1) is 13.0. The minimum absolute atomic E-state index is 0.0260. The Morgan fingerprint density at radius 3 is 2.44 bits per heavy atom. The van der Waals surface area contributed by atoms with Crippen molar-refractivity contribution in [2.75, 3.05) is 0 Å². The lowest BCUT2D eigenvalue weighted by atomic mass is 10.0. The summed E-state index contributed by atoms with van der Waals surface area (Å²) >= 11 is 6.14. The van der Waals surface area contributed by atoms with Crippen molar-refractivity contribution in [2.45, 2.75) is 32.6 Å². The molecule has 6 heteroatoms. The van der Waals surface area contributed by atoms with Crippen LogP contribution < -0.4 is 15.2 Å². The molecule has 1 heterocycles. The lowest BCUT2D eigenvalue weighted by Crippen LogP contribution is -2.15. The van der Waals surface area contributed by atoms with E-state index in [2.05, 4.69) is 9.97 Å². The van der Waals surface area contributed by atoms with Gasteiger partial charge < -0.3 is 15.2 Å². The number of ether oxygens (including phenoxy) is 2. The van der Waals surface area contributed by atoms with Crippen LogP contribution in [0.25, 0.3) is 0 Å². The Bertz CT molecular complexity index is 888. The van der Waals surface area contributed by atoms with Gasteiger partial charge in [0.15, 0.2) is 16.7 Å². The molecule has 1 aromatic heterocycles. The molecule has 0 aliphatic carbocycles. The smallest absolute Gasteiger partial charge is 0.162 e. The van der Waals surface area contributed by atoms with E-state index >= 15 is 0 Å². The van der Waals surface area contributed by atoms with Crippen molar-refractivity contribution in [3.8, 4) is 11.5 Å². The van der Waals surface area contributed by atoms with Crippen molar-refractivity contribution < 1.29 is 9.47 Å². The van der Waals surface area contributed by atoms with E-state index in [4.69, 9.17) is 26.8 Å². The first-order valence-corrected chi connectivity index (χ1v) is 9.11. The number of rotatable bonds is 7. The SMILES string of the molecule is CC(C)Oc1ccc(C(N)c2nccnc2Cl)cc1OCc1ccccc1. The minimum atomic E-state index is -0.515. The Balaban J connectivity index is 1.89. The van der Waals surface area contributed by atoms with Crippen molar-refractivity contribution in [2.24, 2.45) is 5.73 Å². The number of nitrogens with zero attached hydrogens (tertiary/aromatic N) is 2. The van der Waals surface area contributed by atoms with Gasteiger partial charge in [-0.15, -0.1) is 0 Å². The topological polar surface area (TPSA) is 70.3 Å². The highest BCUT2D eigenvalue weighted by molar-refractivity contribution is 6.30. The molecule has 0 bridgehead atoms. The molecule has 1 unspecified atom stereocenters. The zero-order chi connectivity index (χ0) is 19.2. The first kappa shape index (κ1) is 19.1. The van der Waals surface area contributed by atoms with Crippen molar-refractivity contribution in [1.82, 2.24) is 9.97 Å². The van der Waals surface area contributed by atoms with Crippen LogP contribution >= 0.6 is 11.6 Å². The van der Waals surface area contributed by atoms with E-state index in [9.17, 15) is 0 Å². The van der Waals surface area contributed by atoms with Gasteiger partial charge in [0.25, 0.3) is 0 Å². The van der Waals surface area contributed by atoms with E-state index in [0.29, 0.717) is 29.0 Å². The van der Waals surface area contributed by atoms with Crippen LogP contribution in [-0.2, 0) is 6.61 Å². The van der Waals surface area contributed by atoms with Gasteiger partial charge in [0.2, 0.25) is 0 Å². The van der Waals surface area contributed by atoms with Crippen LogP contribution in [0.4, 0.5) is 0 Å². The molecule has 0 saturated heterocycles. The number of hydrogen-bond donors (Lipinski definition) is 1. The molecule has 5 nitrogen and oxygen atoms in total. The Morgan fingerprint density at radius 1 is 1.00 bits per heavy atom. The maximum Gasteiger partial charge on any atom is 0.162 e. The number of hydrogen-bond acceptors (Lipinski definition) is 5. The van der Waals surface area contributed by atoms with Crippen molar-refractivity contribution in [3.05, 3.63) is 82.9 Å². The van der Waals surface area contributed by atoms with Crippen LogP contribution in [0.15, 0.2) is 60.9 Å². The molecular formula is C21H22ClN3O2. The summed E-state index contributed by atoms with van der Waals surface area (Å²) in [6.07, 6.45) is 3.13. The molecule has 0 aliphatic heterocycles. The normalized spacial score (nSPS) is 12.0. The molecular weight excluding hydrogens is 362 g/mol. The van der Waals surface area contributed by atoms with Crippen LogP contribution in [0.2, 0.25) is 5.15 Å². The molecule has 0 radical (unpaired) electrons. The van der Waals surface area contributed by atoms with E-state index in [1.165, 1.54) is 6.20 Å². The average Bonchev–Trinajstić information content (AvgIpc) is 2.67. The van der Waals surface area contributed by atoms with Crippen LogP contribution in [0.5, 0.6) is 11.5 Å². The standard InChI is InChI=1S/C21H22ClN3O2/c1-14(2)27-17-9-8-16(19(23)20-21(22)25-11-10-24-20)12-18(17)26-13-15-6-4-3-5-7-15/h3-12,14,19H,13,23H2,1-2H3. The molecule has 0 spiro atoms. The Morgan fingerprint density at radius 2 is 1.74 bits per heavy atom. The van der Waals surface area contributed by atoms with Gasteiger partial charge in [0.1, 0.15) is 6.61 Å². The molecule has 2 aromatic carbocycles. The second-order valence-corrected chi connectivity index (χ2v) is 6.72. The van der Waals surface area contributed by atoms with E-state index in [1.807, 2.05) is 62.4 Å². The summed E-state index contributed by atoms with van der Waals surface area (Å²) in [6.45, 7) is 4.37. The summed E-state index contributed by atoms with van der Waals surface area (Å²) in [5.74, 6) is 1.29. The monoisotopic (exact) mass is 383 g/mol.